The van der Waals surface area contributed by atoms with Crippen LogP contribution in [0.5, 0.6) is 0 Å². The summed E-state index contributed by atoms with van der Waals surface area (Å²) in [6, 6.07) is 5.88. The van der Waals surface area contributed by atoms with E-state index >= 15 is 0 Å². The Balaban J connectivity index is 2.62. The number of aromatic nitrogens is 2. The summed E-state index contributed by atoms with van der Waals surface area (Å²) in [5.41, 5.74) is 1.28. The Labute approximate surface area is 114 Å². The Morgan fingerprint density at radius 2 is 2.17 bits per heavy atom. The molecule has 0 aliphatic carbocycles. The molecule has 0 N–H and O–H groups in total. The number of halogens is 1. The number of rotatable bonds is 3. The molecule has 1 atom stereocenters. The van der Waals surface area contributed by atoms with Gasteiger partial charge in [0.15, 0.2) is 0 Å². The highest BCUT2D eigenvalue weighted by Gasteiger charge is 2.29. The van der Waals surface area contributed by atoms with Crippen molar-refractivity contribution in [2.24, 2.45) is 0 Å². The van der Waals surface area contributed by atoms with E-state index in [1.165, 1.54) is 0 Å². The van der Waals surface area contributed by atoms with Crippen molar-refractivity contribution in [3.63, 3.8) is 0 Å². The molecule has 0 aliphatic heterocycles. The van der Waals surface area contributed by atoms with E-state index < -0.39 is 8.07 Å². The van der Waals surface area contributed by atoms with Crippen LogP contribution >= 0.6 is 11.6 Å². The molecule has 94 valence electrons. The zero-order chi connectivity index (χ0) is 13.3. The fourth-order valence-corrected chi connectivity index (χ4v) is 4.10. The highest BCUT2D eigenvalue weighted by atomic mass is 35.5. The maximum Gasteiger partial charge on any atom is 0.0868 e. The summed E-state index contributed by atoms with van der Waals surface area (Å²) in [4.78, 5) is 0. The Morgan fingerprint density at radius 1 is 1.44 bits per heavy atom. The molecule has 2 aromatic rings. The molecular formula is C14H17ClN2Si. The normalized spacial score (nSPS) is 13.5. The average Bonchev–Trinajstić information content (AvgIpc) is 2.69. The quantitative estimate of drug-likeness (QED) is 0.609. The third-order valence-corrected chi connectivity index (χ3v) is 5.93. The maximum absolute atomic E-state index is 6.30. The lowest BCUT2D eigenvalue weighted by Gasteiger charge is -2.28. The minimum absolute atomic E-state index is 0.278. The van der Waals surface area contributed by atoms with Gasteiger partial charge in [-0.1, -0.05) is 43.4 Å². The van der Waals surface area contributed by atoms with Crippen LogP contribution in [0, 0.1) is 12.3 Å². The van der Waals surface area contributed by atoms with Gasteiger partial charge in [-0.3, -0.25) is 4.68 Å². The molecule has 0 bridgehead atoms. The SMILES string of the molecule is C#CCC(n1ncc2cccc(Cl)c21)[Si](C)(C)C. The summed E-state index contributed by atoms with van der Waals surface area (Å²) in [6.45, 7) is 6.91. The second-order valence-electron chi connectivity index (χ2n) is 5.56. The standard InChI is InChI=1S/C14H17ClN2Si/c1-5-7-13(18(2,3)4)17-14-11(10-16-17)8-6-9-12(14)15/h1,6,8-10,13H,7H2,2-4H3. The number of fused-ring (bicyclic) bond motifs is 1. The zero-order valence-corrected chi connectivity index (χ0v) is 12.7. The minimum atomic E-state index is -1.45. The summed E-state index contributed by atoms with van der Waals surface area (Å²) in [7, 11) is -1.45. The third kappa shape index (κ3) is 2.31. The van der Waals surface area contributed by atoms with Gasteiger partial charge in [0.1, 0.15) is 0 Å². The van der Waals surface area contributed by atoms with Crippen molar-refractivity contribution in [3.05, 3.63) is 29.4 Å². The highest BCUT2D eigenvalue weighted by molar-refractivity contribution is 6.76. The average molecular weight is 277 g/mol. The van der Waals surface area contributed by atoms with Crippen molar-refractivity contribution in [3.8, 4) is 12.3 Å². The van der Waals surface area contributed by atoms with Crippen LogP contribution in [-0.4, -0.2) is 17.9 Å². The third-order valence-electron chi connectivity index (χ3n) is 3.17. The predicted octanol–water partition coefficient (Wildman–Crippen LogP) is 4.13. The molecule has 0 fully saturated rings. The van der Waals surface area contributed by atoms with E-state index in [4.69, 9.17) is 18.0 Å². The molecule has 1 aromatic carbocycles. The van der Waals surface area contributed by atoms with Gasteiger partial charge in [-0.05, 0) is 6.07 Å². The van der Waals surface area contributed by atoms with Crippen molar-refractivity contribution in [2.45, 2.75) is 31.7 Å². The molecule has 4 heteroatoms. The molecule has 1 unspecified atom stereocenters. The van der Waals surface area contributed by atoms with Gasteiger partial charge in [0.05, 0.1) is 30.5 Å². The lowest BCUT2D eigenvalue weighted by molar-refractivity contribution is 0.600. The topological polar surface area (TPSA) is 17.8 Å². The van der Waals surface area contributed by atoms with Crippen LogP contribution < -0.4 is 0 Å². The molecule has 0 spiro atoms. The first-order valence-electron chi connectivity index (χ1n) is 6.00. The first-order valence-corrected chi connectivity index (χ1v) is 9.96. The van der Waals surface area contributed by atoms with E-state index in [-0.39, 0.29) is 5.67 Å². The molecule has 0 saturated carbocycles. The van der Waals surface area contributed by atoms with Crippen LogP contribution in [0.2, 0.25) is 24.7 Å². The van der Waals surface area contributed by atoms with Gasteiger partial charge in [-0.15, -0.1) is 12.3 Å². The zero-order valence-electron chi connectivity index (χ0n) is 10.9. The molecular weight excluding hydrogens is 260 g/mol. The summed E-state index contributed by atoms with van der Waals surface area (Å²) in [5.74, 6) is 2.78. The van der Waals surface area contributed by atoms with Gasteiger partial charge in [-0.2, -0.15) is 5.10 Å². The van der Waals surface area contributed by atoms with E-state index in [9.17, 15) is 0 Å². The Bertz CT molecular complexity index is 604. The van der Waals surface area contributed by atoms with Crippen molar-refractivity contribution in [2.75, 3.05) is 0 Å². The molecule has 1 heterocycles. The van der Waals surface area contributed by atoms with Gasteiger partial charge in [0.2, 0.25) is 0 Å². The lowest BCUT2D eigenvalue weighted by Crippen LogP contribution is -2.35. The number of benzene rings is 1. The monoisotopic (exact) mass is 276 g/mol. The van der Waals surface area contributed by atoms with Gasteiger partial charge in [-0.25, -0.2) is 0 Å². The molecule has 0 radical (unpaired) electrons. The fraction of sp³-hybridized carbons (Fsp3) is 0.357. The van der Waals surface area contributed by atoms with Crippen LogP contribution in [0.15, 0.2) is 24.4 Å². The van der Waals surface area contributed by atoms with Gasteiger partial charge in [0.25, 0.3) is 0 Å². The van der Waals surface area contributed by atoms with Crippen molar-refractivity contribution < 1.29 is 0 Å². The Hall–Kier alpha value is -1.24. The smallest absolute Gasteiger partial charge is 0.0868 e. The van der Waals surface area contributed by atoms with Crippen LogP contribution in [0.1, 0.15) is 12.1 Å². The molecule has 2 nitrogen and oxygen atoms in total. The van der Waals surface area contributed by atoms with Crippen LogP contribution in [-0.2, 0) is 0 Å². The van der Waals surface area contributed by atoms with Crippen molar-refractivity contribution in [1.82, 2.24) is 9.78 Å². The van der Waals surface area contributed by atoms with Gasteiger partial charge < -0.3 is 0 Å². The Morgan fingerprint density at radius 3 is 2.78 bits per heavy atom. The number of hydrogen-bond donors (Lipinski definition) is 0. The predicted molar refractivity (Wildman–Crippen MR) is 80.6 cm³/mol. The summed E-state index contributed by atoms with van der Waals surface area (Å²) >= 11 is 6.30. The number of nitrogens with zero attached hydrogens (tertiary/aromatic N) is 2. The largest absolute Gasteiger partial charge is 0.262 e. The van der Waals surface area contributed by atoms with E-state index in [0.29, 0.717) is 6.42 Å². The summed E-state index contributed by atoms with van der Waals surface area (Å²) in [6.07, 6.45) is 8.08. The lowest BCUT2D eigenvalue weighted by atomic mass is 10.2. The van der Waals surface area contributed by atoms with Crippen LogP contribution in [0.25, 0.3) is 10.9 Å². The second kappa shape index (κ2) is 4.79. The van der Waals surface area contributed by atoms with Gasteiger partial charge >= 0.3 is 0 Å². The first-order chi connectivity index (χ1) is 8.45. The number of terminal acetylenes is 1. The van der Waals surface area contributed by atoms with E-state index in [1.54, 1.807) is 0 Å². The number of para-hydroxylation sites is 1. The fourth-order valence-electron chi connectivity index (χ4n) is 2.17. The molecule has 0 saturated heterocycles. The summed E-state index contributed by atoms with van der Waals surface area (Å²) < 4.78 is 2.03. The molecule has 2 rings (SSSR count). The van der Waals surface area contributed by atoms with Crippen LogP contribution in [0.3, 0.4) is 0 Å². The highest BCUT2D eigenvalue weighted by Crippen LogP contribution is 2.31. The van der Waals surface area contributed by atoms with Crippen molar-refractivity contribution >= 4 is 30.6 Å². The van der Waals surface area contributed by atoms with Gasteiger partial charge in [0, 0.05) is 11.8 Å². The molecule has 0 aliphatic rings. The van der Waals surface area contributed by atoms with E-state index in [0.717, 1.165) is 15.9 Å². The minimum Gasteiger partial charge on any atom is -0.262 e. The van der Waals surface area contributed by atoms with E-state index in [2.05, 4.69) is 30.7 Å². The number of hydrogen-bond acceptors (Lipinski definition) is 1. The summed E-state index contributed by atoms with van der Waals surface area (Å²) in [5, 5.41) is 6.33. The van der Waals surface area contributed by atoms with Crippen molar-refractivity contribution in [1.29, 1.82) is 0 Å². The molecule has 18 heavy (non-hydrogen) atoms. The molecule has 1 aromatic heterocycles. The van der Waals surface area contributed by atoms with Crippen LogP contribution in [0.4, 0.5) is 0 Å². The maximum atomic E-state index is 6.30. The Kier molecular flexibility index (Phi) is 3.51. The van der Waals surface area contributed by atoms with E-state index in [1.807, 2.05) is 29.1 Å². The second-order valence-corrected chi connectivity index (χ2v) is 11.4. The molecule has 0 amide bonds. The first kappa shape index (κ1) is 13.2.